The maximum absolute atomic E-state index is 5.89. The van der Waals surface area contributed by atoms with Crippen molar-refractivity contribution in [3.63, 3.8) is 0 Å². The summed E-state index contributed by atoms with van der Waals surface area (Å²) in [5, 5.41) is 7.52. The van der Waals surface area contributed by atoms with Gasteiger partial charge in [-0.2, -0.15) is 5.10 Å². The molecule has 0 unspecified atom stereocenters. The summed E-state index contributed by atoms with van der Waals surface area (Å²) in [7, 11) is 1.71. The van der Waals surface area contributed by atoms with E-state index in [0.29, 0.717) is 13.2 Å². The van der Waals surface area contributed by atoms with Crippen LogP contribution >= 0.6 is 0 Å². The lowest BCUT2D eigenvalue weighted by atomic mass is 10.1. The Labute approximate surface area is 125 Å². The molecule has 0 saturated carbocycles. The second-order valence-corrected chi connectivity index (χ2v) is 4.90. The van der Waals surface area contributed by atoms with Crippen LogP contribution in [0.1, 0.15) is 11.1 Å². The van der Waals surface area contributed by atoms with E-state index in [1.165, 1.54) is 11.1 Å². The molecule has 5 nitrogen and oxygen atoms in total. The third-order valence-corrected chi connectivity index (χ3v) is 3.15. The predicted octanol–water partition coefficient (Wildman–Crippen LogP) is 2.01. The molecule has 0 bridgehead atoms. The molecule has 0 aliphatic rings. The van der Waals surface area contributed by atoms with Crippen LogP contribution in [0.5, 0.6) is 5.75 Å². The highest BCUT2D eigenvalue weighted by molar-refractivity contribution is 5.36. The van der Waals surface area contributed by atoms with Gasteiger partial charge in [0.05, 0.1) is 13.2 Å². The number of hydrogen-bond donors (Lipinski definition) is 1. The summed E-state index contributed by atoms with van der Waals surface area (Å²) < 4.78 is 12.8. The Morgan fingerprint density at radius 3 is 2.95 bits per heavy atom. The fourth-order valence-corrected chi connectivity index (χ4v) is 2.07. The Morgan fingerprint density at radius 1 is 1.29 bits per heavy atom. The zero-order valence-corrected chi connectivity index (χ0v) is 12.7. The summed E-state index contributed by atoms with van der Waals surface area (Å²) in [6.45, 7) is 5.76. The van der Waals surface area contributed by atoms with Crippen molar-refractivity contribution in [2.75, 3.05) is 26.9 Å². The monoisotopic (exact) mass is 289 g/mol. The normalized spacial score (nSPS) is 10.8. The Morgan fingerprint density at radius 2 is 2.19 bits per heavy atom. The van der Waals surface area contributed by atoms with E-state index in [0.717, 1.165) is 25.4 Å². The van der Waals surface area contributed by atoms with Gasteiger partial charge < -0.3 is 14.8 Å². The fraction of sp³-hybridized carbons (Fsp3) is 0.438. The van der Waals surface area contributed by atoms with Gasteiger partial charge in [-0.05, 0) is 19.1 Å². The number of hydrogen-bond acceptors (Lipinski definition) is 4. The van der Waals surface area contributed by atoms with Crippen molar-refractivity contribution in [1.82, 2.24) is 15.1 Å². The molecular formula is C16H23N3O2. The third kappa shape index (κ3) is 5.21. The third-order valence-electron chi connectivity index (χ3n) is 3.15. The summed E-state index contributed by atoms with van der Waals surface area (Å²) in [6.07, 6.45) is 3.71. The number of nitrogens with one attached hydrogen (secondary N) is 1. The van der Waals surface area contributed by atoms with E-state index in [-0.39, 0.29) is 0 Å². The predicted molar refractivity (Wildman–Crippen MR) is 82.5 cm³/mol. The average Bonchev–Trinajstić information content (AvgIpc) is 2.99. The molecule has 1 heterocycles. The highest BCUT2D eigenvalue weighted by Gasteiger charge is 2.04. The van der Waals surface area contributed by atoms with E-state index in [1.807, 2.05) is 23.0 Å². The van der Waals surface area contributed by atoms with E-state index in [2.05, 4.69) is 29.5 Å². The van der Waals surface area contributed by atoms with Gasteiger partial charge in [-0.15, -0.1) is 0 Å². The van der Waals surface area contributed by atoms with Crippen LogP contribution in [0.15, 0.2) is 36.7 Å². The van der Waals surface area contributed by atoms with Gasteiger partial charge in [-0.25, -0.2) is 0 Å². The molecule has 1 N–H and O–H groups in total. The zero-order valence-electron chi connectivity index (χ0n) is 12.7. The molecule has 0 aliphatic heterocycles. The van der Waals surface area contributed by atoms with E-state index < -0.39 is 0 Å². The summed E-state index contributed by atoms with van der Waals surface area (Å²) in [5.41, 5.74) is 2.41. The molecule has 0 saturated heterocycles. The minimum absolute atomic E-state index is 0.607. The van der Waals surface area contributed by atoms with Crippen LogP contribution in [-0.4, -0.2) is 36.6 Å². The summed E-state index contributed by atoms with van der Waals surface area (Å²) in [6, 6.07) is 8.17. The fourth-order valence-electron chi connectivity index (χ4n) is 2.07. The van der Waals surface area contributed by atoms with Crippen LogP contribution in [0.4, 0.5) is 0 Å². The van der Waals surface area contributed by atoms with Gasteiger partial charge in [0.15, 0.2) is 0 Å². The molecule has 114 valence electrons. The van der Waals surface area contributed by atoms with Gasteiger partial charge >= 0.3 is 0 Å². The van der Waals surface area contributed by atoms with Crippen molar-refractivity contribution in [1.29, 1.82) is 0 Å². The number of benzene rings is 1. The maximum Gasteiger partial charge on any atom is 0.123 e. The maximum atomic E-state index is 5.89. The molecule has 5 heteroatoms. The second-order valence-electron chi connectivity index (χ2n) is 4.90. The lowest BCUT2D eigenvalue weighted by Gasteiger charge is -2.13. The number of rotatable bonds is 9. The molecule has 0 spiro atoms. The molecule has 21 heavy (non-hydrogen) atoms. The highest BCUT2D eigenvalue weighted by Crippen LogP contribution is 2.20. The Bertz CT molecular complexity index is 526. The topological polar surface area (TPSA) is 48.3 Å². The summed E-state index contributed by atoms with van der Waals surface area (Å²) >= 11 is 0. The van der Waals surface area contributed by atoms with E-state index in [1.54, 1.807) is 13.3 Å². The van der Waals surface area contributed by atoms with Gasteiger partial charge in [0.25, 0.3) is 0 Å². The molecule has 0 amide bonds. The number of nitrogens with zero attached hydrogens (tertiary/aromatic N) is 2. The lowest BCUT2D eigenvalue weighted by molar-refractivity contribution is 0.199. The molecule has 0 atom stereocenters. The number of aryl methyl sites for hydroxylation is 1. The molecule has 0 fully saturated rings. The average molecular weight is 289 g/mol. The summed E-state index contributed by atoms with van der Waals surface area (Å²) in [4.78, 5) is 0. The zero-order chi connectivity index (χ0) is 14.9. The number of aromatic nitrogens is 2. The Kier molecular flexibility index (Phi) is 6.24. The van der Waals surface area contributed by atoms with Crippen molar-refractivity contribution >= 4 is 0 Å². The highest BCUT2D eigenvalue weighted by atomic mass is 16.5. The molecule has 1 aromatic carbocycles. The SMILES string of the molecule is COCCNCc1cc(C)ccc1OCCn1cccn1. The first-order valence-electron chi connectivity index (χ1n) is 7.19. The van der Waals surface area contributed by atoms with Crippen molar-refractivity contribution in [2.45, 2.75) is 20.0 Å². The molecule has 1 aromatic heterocycles. The number of methoxy groups -OCH3 is 1. The van der Waals surface area contributed by atoms with Gasteiger partial charge in [-0.3, -0.25) is 4.68 Å². The van der Waals surface area contributed by atoms with Crippen LogP contribution in [0, 0.1) is 6.92 Å². The smallest absolute Gasteiger partial charge is 0.123 e. The van der Waals surface area contributed by atoms with Crippen LogP contribution in [0.25, 0.3) is 0 Å². The quantitative estimate of drug-likeness (QED) is 0.717. The standard InChI is InChI=1S/C16H23N3O2/c1-14-4-5-16(15(12-14)13-17-7-10-20-2)21-11-9-19-8-3-6-18-19/h3-6,8,12,17H,7,9-11,13H2,1-2H3. The molecule has 0 radical (unpaired) electrons. The van der Waals surface area contributed by atoms with E-state index in [4.69, 9.17) is 9.47 Å². The van der Waals surface area contributed by atoms with Gasteiger partial charge in [0.1, 0.15) is 12.4 Å². The van der Waals surface area contributed by atoms with Crippen LogP contribution in [-0.2, 0) is 17.8 Å². The Hall–Kier alpha value is -1.85. The Balaban J connectivity index is 1.87. The van der Waals surface area contributed by atoms with Gasteiger partial charge in [-0.1, -0.05) is 17.7 Å². The largest absolute Gasteiger partial charge is 0.491 e. The van der Waals surface area contributed by atoms with Crippen molar-refractivity contribution in [3.05, 3.63) is 47.8 Å². The van der Waals surface area contributed by atoms with E-state index in [9.17, 15) is 0 Å². The van der Waals surface area contributed by atoms with Gasteiger partial charge in [0.2, 0.25) is 0 Å². The first-order valence-corrected chi connectivity index (χ1v) is 7.19. The molecule has 0 aliphatic carbocycles. The van der Waals surface area contributed by atoms with E-state index >= 15 is 0 Å². The van der Waals surface area contributed by atoms with Crippen molar-refractivity contribution < 1.29 is 9.47 Å². The molecule has 2 aromatic rings. The van der Waals surface area contributed by atoms with Crippen molar-refractivity contribution in [3.8, 4) is 5.75 Å². The molecule has 2 rings (SSSR count). The summed E-state index contributed by atoms with van der Waals surface area (Å²) in [5.74, 6) is 0.928. The van der Waals surface area contributed by atoms with Crippen LogP contribution in [0.2, 0.25) is 0 Å². The van der Waals surface area contributed by atoms with Gasteiger partial charge in [0, 0.05) is 38.2 Å². The van der Waals surface area contributed by atoms with Crippen molar-refractivity contribution in [2.24, 2.45) is 0 Å². The van der Waals surface area contributed by atoms with Crippen LogP contribution in [0.3, 0.4) is 0 Å². The first kappa shape index (κ1) is 15.5. The second kappa shape index (κ2) is 8.44. The van der Waals surface area contributed by atoms with Crippen LogP contribution < -0.4 is 10.1 Å². The minimum atomic E-state index is 0.607. The molecular weight excluding hydrogens is 266 g/mol. The lowest BCUT2D eigenvalue weighted by Crippen LogP contribution is -2.19. The first-order chi connectivity index (χ1) is 10.3. The number of ether oxygens (including phenoxy) is 2. The minimum Gasteiger partial charge on any atom is -0.491 e.